The van der Waals surface area contributed by atoms with Gasteiger partial charge in [0.05, 0.1) is 0 Å². The molecule has 2 N–H and O–H groups in total. The fraction of sp³-hybridized carbons (Fsp3) is 0.538. The summed E-state index contributed by atoms with van der Waals surface area (Å²) in [5, 5.41) is 0. The van der Waals surface area contributed by atoms with Crippen molar-refractivity contribution in [3.8, 4) is 0 Å². The van der Waals surface area contributed by atoms with Crippen molar-refractivity contribution in [1.29, 1.82) is 0 Å². The Bertz CT molecular complexity index is 325. The maximum atomic E-state index is 6.13. The minimum atomic E-state index is 0.342. The molecule has 0 radical (unpaired) electrons. The van der Waals surface area contributed by atoms with Gasteiger partial charge in [0.15, 0.2) is 0 Å². The Morgan fingerprint density at radius 3 is 2.73 bits per heavy atom. The molecule has 1 saturated heterocycles. The molecule has 1 aliphatic heterocycles. The molecule has 1 heterocycles. The lowest BCUT2D eigenvalue weighted by atomic mass is 9.97. The molecule has 2 unspecified atom stereocenters. The molecule has 1 aromatic rings. The molecular formula is C13H20N2. The first-order valence-corrected chi connectivity index (χ1v) is 5.69. The van der Waals surface area contributed by atoms with E-state index in [0.29, 0.717) is 12.1 Å². The van der Waals surface area contributed by atoms with Gasteiger partial charge in [-0.15, -0.1) is 0 Å². The van der Waals surface area contributed by atoms with Crippen LogP contribution in [0.3, 0.4) is 0 Å². The van der Waals surface area contributed by atoms with Crippen LogP contribution in [0.2, 0.25) is 0 Å². The van der Waals surface area contributed by atoms with Gasteiger partial charge in [-0.25, -0.2) is 0 Å². The zero-order valence-electron chi connectivity index (χ0n) is 9.61. The van der Waals surface area contributed by atoms with E-state index in [1.165, 1.54) is 11.1 Å². The van der Waals surface area contributed by atoms with Crippen molar-refractivity contribution in [2.45, 2.75) is 31.8 Å². The predicted molar refractivity (Wildman–Crippen MR) is 63.9 cm³/mol. The lowest BCUT2D eigenvalue weighted by Gasteiger charge is -2.23. The maximum absolute atomic E-state index is 6.13. The second-order valence-corrected chi connectivity index (χ2v) is 4.63. The quantitative estimate of drug-likeness (QED) is 0.792. The third-order valence-corrected chi connectivity index (χ3v) is 3.57. The second-order valence-electron chi connectivity index (χ2n) is 4.63. The van der Waals surface area contributed by atoms with Crippen LogP contribution < -0.4 is 5.73 Å². The van der Waals surface area contributed by atoms with Crippen LogP contribution in [0.15, 0.2) is 24.3 Å². The lowest BCUT2D eigenvalue weighted by Crippen LogP contribution is -2.39. The van der Waals surface area contributed by atoms with Crippen LogP contribution in [-0.2, 0) is 6.42 Å². The highest BCUT2D eigenvalue weighted by Gasteiger charge is 2.28. The first kappa shape index (κ1) is 10.7. The lowest BCUT2D eigenvalue weighted by molar-refractivity contribution is 0.296. The molecule has 2 nitrogen and oxygen atoms in total. The van der Waals surface area contributed by atoms with E-state index in [0.717, 1.165) is 19.4 Å². The molecule has 2 heteroatoms. The zero-order valence-corrected chi connectivity index (χ0v) is 9.61. The molecule has 0 aliphatic carbocycles. The summed E-state index contributed by atoms with van der Waals surface area (Å²) in [5.41, 5.74) is 8.94. The van der Waals surface area contributed by atoms with Crippen molar-refractivity contribution in [3.63, 3.8) is 0 Å². The average Bonchev–Trinajstić information content (AvgIpc) is 2.53. The van der Waals surface area contributed by atoms with E-state index in [1.54, 1.807) is 0 Å². The van der Waals surface area contributed by atoms with E-state index in [9.17, 15) is 0 Å². The van der Waals surface area contributed by atoms with Gasteiger partial charge in [0.25, 0.3) is 0 Å². The van der Waals surface area contributed by atoms with Crippen LogP contribution >= 0.6 is 0 Å². The molecule has 1 aliphatic rings. The van der Waals surface area contributed by atoms with Crippen molar-refractivity contribution in [1.82, 2.24) is 4.90 Å². The van der Waals surface area contributed by atoms with Crippen molar-refractivity contribution in [2.75, 3.05) is 13.6 Å². The van der Waals surface area contributed by atoms with Gasteiger partial charge in [-0.1, -0.05) is 24.3 Å². The van der Waals surface area contributed by atoms with Crippen LogP contribution in [0.4, 0.5) is 0 Å². The standard InChI is InChI=1S/C13H20N2/c1-10-5-3-4-6-11(10)9-13-12(14)7-8-15(13)2/h3-6,12-13H,7-9,14H2,1-2H3. The molecule has 0 aromatic heterocycles. The first-order chi connectivity index (χ1) is 7.18. The number of hydrogen-bond acceptors (Lipinski definition) is 2. The van der Waals surface area contributed by atoms with E-state index in [-0.39, 0.29) is 0 Å². The predicted octanol–water partition coefficient (Wildman–Crippen LogP) is 1.57. The topological polar surface area (TPSA) is 29.3 Å². The Labute approximate surface area is 92.1 Å². The monoisotopic (exact) mass is 204 g/mol. The Morgan fingerprint density at radius 2 is 2.13 bits per heavy atom. The SMILES string of the molecule is Cc1ccccc1CC1C(N)CCN1C. The number of nitrogens with two attached hydrogens (primary N) is 1. The van der Waals surface area contributed by atoms with Gasteiger partial charge in [-0.2, -0.15) is 0 Å². The summed E-state index contributed by atoms with van der Waals surface area (Å²) in [6, 6.07) is 9.46. The van der Waals surface area contributed by atoms with E-state index in [2.05, 4.69) is 43.1 Å². The van der Waals surface area contributed by atoms with Gasteiger partial charge in [0.2, 0.25) is 0 Å². The highest BCUT2D eigenvalue weighted by atomic mass is 15.2. The Hall–Kier alpha value is -0.860. The van der Waals surface area contributed by atoms with E-state index >= 15 is 0 Å². The van der Waals surface area contributed by atoms with Gasteiger partial charge in [-0.05, 0) is 44.5 Å². The number of likely N-dealkylation sites (tertiary alicyclic amines) is 1. The third-order valence-electron chi connectivity index (χ3n) is 3.57. The fourth-order valence-corrected chi connectivity index (χ4v) is 2.41. The summed E-state index contributed by atoms with van der Waals surface area (Å²) in [4.78, 5) is 2.39. The largest absolute Gasteiger partial charge is 0.326 e. The minimum absolute atomic E-state index is 0.342. The summed E-state index contributed by atoms with van der Waals surface area (Å²) in [6.07, 6.45) is 2.22. The summed E-state index contributed by atoms with van der Waals surface area (Å²) in [5.74, 6) is 0. The van der Waals surface area contributed by atoms with Crippen molar-refractivity contribution < 1.29 is 0 Å². The minimum Gasteiger partial charge on any atom is -0.326 e. The van der Waals surface area contributed by atoms with Gasteiger partial charge >= 0.3 is 0 Å². The molecule has 2 atom stereocenters. The average molecular weight is 204 g/mol. The van der Waals surface area contributed by atoms with Crippen molar-refractivity contribution in [2.24, 2.45) is 5.73 Å². The molecule has 2 rings (SSSR count). The number of likely N-dealkylation sites (N-methyl/N-ethyl adjacent to an activating group) is 1. The number of benzene rings is 1. The van der Waals surface area contributed by atoms with Crippen LogP contribution in [0, 0.1) is 6.92 Å². The fourth-order valence-electron chi connectivity index (χ4n) is 2.41. The highest BCUT2D eigenvalue weighted by Crippen LogP contribution is 2.20. The van der Waals surface area contributed by atoms with E-state index in [4.69, 9.17) is 5.73 Å². The van der Waals surface area contributed by atoms with Gasteiger partial charge in [0, 0.05) is 12.1 Å². The number of rotatable bonds is 2. The molecule has 1 aromatic carbocycles. The molecule has 0 amide bonds. The maximum Gasteiger partial charge on any atom is 0.0285 e. The van der Waals surface area contributed by atoms with Gasteiger partial charge in [-0.3, -0.25) is 0 Å². The second kappa shape index (κ2) is 4.33. The zero-order chi connectivity index (χ0) is 10.8. The van der Waals surface area contributed by atoms with Gasteiger partial charge < -0.3 is 10.6 Å². The van der Waals surface area contributed by atoms with Crippen LogP contribution in [0.25, 0.3) is 0 Å². The number of aryl methyl sites for hydroxylation is 1. The highest BCUT2D eigenvalue weighted by molar-refractivity contribution is 5.26. The third kappa shape index (κ3) is 2.21. The molecule has 0 spiro atoms. The Kier molecular flexibility index (Phi) is 3.08. The van der Waals surface area contributed by atoms with Crippen molar-refractivity contribution >= 4 is 0 Å². The van der Waals surface area contributed by atoms with Crippen LogP contribution in [-0.4, -0.2) is 30.6 Å². The molecule has 0 saturated carbocycles. The van der Waals surface area contributed by atoms with Crippen LogP contribution in [0.5, 0.6) is 0 Å². The van der Waals surface area contributed by atoms with Crippen molar-refractivity contribution in [3.05, 3.63) is 35.4 Å². The molecule has 0 bridgehead atoms. The smallest absolute Gasteiger partial charge is 0.0285 e. The number of hydrogen-bond donors (Lipinski definition) is 1. The Balaban J connectivity index is 2.11. The molecule has 15 heavy (non-hydrogen) atoms. The first-order valence-electron chi connectivity index (χ1n) is 5.69. The van der Waals surface area contributed by atoms with E-state index < -0.39 is 0 Å². The summed E-state index contributed by atoms with van der Waals surface area (Å²) < 4.78 is 0. The normalized spacial score (nSPS) is 27.1. The summed E-state index contributed by atoms with van der Waals surface area (Å²) >= 11 is 0. The summed E-state index contributed by atoms with van der Waals surface area (Å²) in [6.45, 7) is 3.31. The Morgan fingerprint density at radius 1 is 1.40 bits per heavy atom. The molecular weight excluding hydrogens is 184 g/mol. The van der Waals surface area contributed by atoms with Gasteiger partial charge in [0.1, 0.15) is 0 Å². The van der Waals surface area contributed by atoms with Crippen LogP contribution in [0.1, 0.15) is 17.5 Å². The number of nitrogens with zero attached hydrogens (tertiary/aromatic N) is 1. The molecule has 1 fully saturated rings. The summed E-state index contributed by atoms with van der Waals surface area (Å²) in [7, 11) is 2.18. The molecule has 82 valence electrons. The van der Waals surface area contributed by atoms with E-state index in [1.807, 2.05) is 0 Å².